The van der Waals surface area contributed by atoms with Gasteiger partial charge in [0.05, 0.1) is 0 Å². The predicted octanol–water partition coefficient (Wildman–Crippen LogP) is 3.56. The Morgan fingerprint density at radius 2 is 1.44 bits per heavy atom. The van der Waals surface area contributed by atoms with Crippen molar-refractivity contribution in [1.29, 1.82) is 0 Å². The van der Waals surface area contributed by atoms with E-state index < -0.39 is 0 Å². The first-order chi connectivity index (χ1) is 8.70. The van der Waals surface area contributed by atoms with Gasteiger partial charge < -0.3 is 5.32 Å². The summed E-state index contributed by atoms with van der Waals surface area (Å²) < 4.78 is 0. The highest BCUT2D eigenvalue weighted by atomic mass is 15.3. The van der Waals surface area contributed by atoms with Gasteiger partial charge in [-0.1, -0.05) is 27.7 Å². The van der Waals surface area contributed by atoms with Crippen LogP contribution >= 0.6 is 0 Å². The molecule has 2 bridgehead atoms. The van der Waals surface area contributed by atoms with Crippen LogP contribution in [0.5, 0.6) is 0 Å². The largest absolute Gasteiger partial charge is 0.314 e. The van der Waals surface area contributed by atoms with Gasteiger partial charge in [-0.2, -0.15) is 0 Å². The highest BCUT2D eigenvalue weighted by Crippen LogP contribution is 2.44. The summed E-state index contributed by atoms with van der Waals surface area (Å²) in [6, 6.07) is 2.49. The first kappa shape index (κ1) is 14.3. The van der Waals surface area contributed by atoms with Crippen molar-refractivity contribution in [2.45, 2.75) is 96.3 Å². The molecule has 0 aromatic carbocycles. The van der Waals surface area contributed by atoms with E-state index in [4.69, 9.17) is 0 Å². The second-order valence-electron chi connectivity index (χ2n) is 6.30. The summed E-state index contributed by atoms with van der Waals surface area (Å²) in [4.78, 5) is 2.95. The molecular weight excluding hydrogens is 220 g/mol. The van der Waals surface area contributed by atoms with Crippen molar-refractivity contribution in [2.75, 3.05) is 6.54 Å². The minimum Gasteiger partial charge on any atom is -0.314 e. The Bertz CT molecular complexity index is 238. The maximum absolute atomic E-state index is 3.68. The zero-order chi connectivity index (χ0) is 13.2. The van der Waals surface area contributed by atoms with Gasteiger partial charge in [-0.05, 0) is 51.5 Å². The van der Waals surface area contributed by atoms with E-state index in [1.807, 2.05) is 0 Å². The molecule has 1 N–H and O–H groups in total. The van der Waals surface area contributed by atoms with Crippen molar-refractivity contribution in [3.05, 3.63) is 0 Å². The van der Waals surface area contributed by atoms with E-state index in [0.29, 0.717) is 5.54 Å². The highest BCUT2D eigenvalue weighted by Gasteiger charge is 2.48. The van der Waals surface area contributed by atoms with Crippen molar-refractivity contribution < 1.29 is 0 Å². The molecule has 0 aliphatic carbocycles. The Labute approximate surface area is 114 Å². The summed E-state index contributed by atoms with van der Waals surface area (Å²) in [5.74, 6) is 0. The summed E-state index contributed by atoms with van der Waals surface area (Å²) in [5, 5.41) is 3.68. The highest BCUT2D eigenvalue weighted by molar-refractivity contribution is 5.04. The first-order valence-corrected chi connectivity index (χ1v) is 8.22. The zero-order valence-corrected chi connectivity index (χ0v) is 12.8. The molecule has 2 aliphatic rings. The Morgan fingerprint density at radius 3 is 1.83 bits per heavy atom. The monoisotopic (exact) mass is 252 g/mol. The molecule has 0 aromatic rings. The second-order valence-corrected chi connectivity index (χ2v) is 6.30. The van der Waals surface area contributed by atoms with E-state index in [0.717, 1.165) is 24.7 Å². The molecule has 0 aromatic heterocycles. The van der Waals surface area contributed by atoms with Crippen molar-refractivity contribution in [3.63, 3.8) is 0 Å². The number of hydrogen-bond donors (Lipinski definition) is 1. The Balaban J connectivity index is 2.12. The minimum atomic E-state index is 0.489. The Kier molecular flexibility index (Phi) is 4.71. The standard InChI is InChI=1S/C16H32N2/c1-5-16(6-2,7-3)18-14-9-10-15(18)12-13(11-14)17-8-4/h13-15,17H,5-12H2,1-4H3. The number of rotatable bonds is 6. The van der Waals surface area contributed by atoms with E-state index in [9.17, 15) is 0 Å². The van der Waals surface area contributed by atoms with Crippen LogP contribution < -0.4 is 5.32 Å². The van der Waals surface area contributed by atoms with Crippen LogP contribution in [0, 0.1) is 0 Å². The number of nitrogens with one attached hydrogen (secondary N) is 1. The molecular formula is C16H32N2. The fourth-order valence-electron chi connectivity index (χ4n) is 4.70. The first-order valence-electron chi connectivity index (χ1n) is 8.22. The normalized spacial score (nSPS) is 33.0. The molecule has 2 aliphatic heterocycles. The fourth-order valence-corrected chi connectivity index (χ4v) is 4.70. The molecule has 2 saturated heterocycles. The third kappa shape index (κ3) is 2.34. The summed E-state index contributed by atoms with van der Waals surface area (Å²) >= 11 is 0. The van der Waals surface area contributed by atoms with Gasteiger partial charge in [0.2, 0.25) is 0 Å². The van der Waals surface area contributed by atoms with E-state index in [-0.39, 0.29) is 0 Å². The average Bonchev–Trinajstić information content (AvgIpc) is 2.67. The van der Waals surface area contributed by atoms with Crippen molar-refractivity contribution >= 4 is 0 Å². The third-order valence-corrected chi connectivity index (χ3v) is 5.75. The molecule has 106 valence electrons. The van der Waals surface area contributed by atoms with Gasteiger partial charge in [-0.25, -0.2) is 0 Å². The maximum Gasteiger partial charge on any atom is 0.0207 e. The molecule has 2 nitrogen and oxygen atoms in total. The van der Waals surface area contributed by atoms with Crippen LogP contribution in [0.1, 0.15) is 72.6 Å². The SMILES string of the molecule is CCNC1CC2CCC(C1)N2C(CC)(CC)CC. The molecule has 0 saturated carbocycles. The van der Waals surface area contributed by atoms with Gasteiger partial charge >= 0.3 is 0 Å². The third-order valence-electron chi connectivity index (χ3n) is 5.75. The lowest BCUT2D eigenvalue weighted by molar-refractivity contribution is -0.00879. The number of piperidine rings is 1. The molecule has 2 unspecified atom stereocenters. The smallest absolute Gasteiger partial charge is 0.0207 e. The Morgan fingerprint density at radius 1 is 0.944 bits per heavy atom. The van der Waals surface area contributed by atoms with Crippen LogP contribution in [0.2, 0.25) is 0 Å². The van der Waals surface area contributed by atoms with E-state index in [2.05, 4.69) is 37.9 Å². The van der Waals surface area contributed by atoms with Gasteiger partial charge in [0.25, 0.3) is 0 Å². The van der Waals surface area contributed by atoms with Gasteiger partial charge in [-0.3, -0.25) is 4.90 Å². The van der Waals surface area contributed by atoms with Gasteiger partial charge in [0, 0.05) is 23.7 Å². The van der Waals surface area contributed by atoms with Crippen molar-refractivity contribution in [1.82, 2.24) is 10.2 Å². The van der Waals surface area contributed by atoms with Crippen LogP contribution in [0.4, 0.5) is 0 Å². The summed E-state index contributed by atoms with van der Waals surface area (Å²) in [5.41, 5.74) is 0.489. The molecule has 2 heterocycles. The number of nitrogens with zero attached hydrogens (tertiary/aromatic N) is 1. The summed E-state index contributed by atoms with van der Waals surface area (Å²) in [6.45, 7) is 10.5. The predicted molar refractivity (Wildman–Crippen MR) is 79.0 cm³/mol. The minimum absolute atomic E-state index is 0.489. The summed E-state index contributed by atoms with van der Waals surface area (Å²) in [7, 11) is 0. The Hall–Kier alpha value is -0.0800. The summed E-state index contributed by atoms with van der Waals surface area (Å²) in [6.07, 6.45) is 9.59. The van der Waals surface area contributed by atoms with Crippen LogP contribution in [-0.4, -0.2) is 35.1 Å². The van der Waals surface area contributed by atoms with Crippen LogP contribution in [0.3, 0.4) is 0 Å². The lowest BCUT2D eigenvalue weighted by atomic mass is 9.82. The molecule has 2 atom stereocenters. The van der Waals surface area contributed by atoms with E-state index >= 15 is 0 Å². The molecule has 18 heavy (non-hydrogen) atoms. The zero-order valence-electron chi connectivity index (χ0n) is 12.8. The van der Waals surface area contributed by atoms with Gasteiger partial charge in [-0.15, -0.1) is 0 Å². The lowest BCUT2D eigenvalue weighted by Gasteiger charge is -2.51. The molecule has 0 amide bonds. The molecule has 2 fully saturated rings. The van der Waals surface area contributed by atoms with Crippen molar-refractivity contribution in [2.24, 2.45) is 0 Å². The molecule has 0 radical (unpaired) electrons. The fraction of sp³-hybridized carbons (Fsp3) is 1.00. The number of fused-ring (bicyclic) bond motifs is 2. The molecule has 2 heteroatoms. The van der Waals surface area contributed by atoms with Crippen LogP contribution in [0.25, 0.3) is 0 Å². The van der Waals surface area contributed by atoms with Crippen LogP contribution in [0.15, 0.2) is 0 Å². The van der Waals surface area contributed by atoms with Crippen molar-refractivity contribution in [3.8, 4) is 0 Å². The van der Waals surface area contributed by atoms with Gasteiger partial charge in [0.15, 0.2) is 0 Å². The van der Waals surface area contributed by atoms with E-state index in [1.54, 1.807) is 0 Å². The molecule has 2 rings (SSSR count). The lowest BCUT2D eigenvalue weighted by Crippen LogP contribution is -2.59. The van der Waals surface area contributed by atoms with Crippen LogP contribution in [-0.2, 0) is 0 Å². The topological polar surface area (TPSA) is 15.3 Å². The average molecular weight is 252 g/mol. The van der Waals surface area contributed by atoms with E-state index in [1.165, 1.54) is 44.9 Å². The van der Waals surface area contributed by atoms with Gasteiger partial charge in [0.1, 0.15) is 0 Å². The second kappa shape index (κ2) is 5.92. The number of hydrogen-bond acceptors (Lipinski definition) is 2. The maximum atomic E-state index is 3.68. The molecule has 0 spiro atoms. The quantitative estimate of drug-likeness (QED) is 0.777.